The Morgan fingerprint density at radius 1 is 0.920 bits per heavy atom. The number of aromatic carboxylic acids is 1. The van der Waals surface area contributed by atoms with E-state index in [9.17, 15) is 9.90 Å². The minimum Gasteiger partial charge on any atom is -0.477 e. The number of hydrogen-bond acceptors (Lipinski definition) is 3. The molecule has 5 nitrogen and oxygen atoms in total. The van der Waals surface area contributed by atoms with Gasteiger partial charge in [-0.3, -0.25) is 0 Å². The molecule has 6 heteroatoms. The van der Waals surface area contributed by atoms with Gasteiger partial charge in [-0.05, 0) is 18.2 Å². The van der Waals surface area contributed by atoms with Gasteiger partial charge in [0.05, 0.1) is 11.4 Å². The summed E-state index contributed by atoms with van der Waals surface area (Å²) in [6.45, 7) is 0. The lowest BCUT2D eigenvalue weighted by atomic mass is 10.1. The molecule has 0 unspecified atom stereocenters. The SMILES string of the molecule is O=C(O)c1cc(-c2ccc(Cl)cc2)nc2cc(-c3ccccc3)nn12. The molecule has 4 aromatic rings. The van der Waals surface area contributed by atoms with Crippen molar-refractivity contribution in [1.29, 1.82) is 0 Å². The second-order valence-electron chi connectivity index (χ2n) is 5.50. The van der Waals surface area contributed by atoms with Crippen molar-refractivity contribution in [3.8, 4) is 22.5 Å². The number of aromatic nitrogens is 3. The molecule has 0 aliphatic heterocycles. The maximum atomic E-state index is 11.7. The lowest BCUT2D eigenvalue weighted by Gasteiger charge is -2.05. The number of fused-ring (bicyclic) bond motifs is 1. The molecule has 1 N–H and O–H groups in total. The third-order valence-corrected chi connectivity index (χ3v) is 4.11. The molecule has 0 spiro atoms. The van der Waals surface area contributed by atoms with E-state index in [-0.39, 0.29) is 5.69 Å². The van der Waals surface area contributed by atoms with Crippen LogP contribution in [0.4, 0.5) is 0 Å². The summed E-state index contributed by atoms with van der Waals surface area (Å²) in [6.07, 6.45) is 0. The first-order valence-corrected chi connectivity index (χ1v) is 7.95. The molecule has 0 aliphatic carbocycles. The first-order valence-electron chi connectivity index (χ1n) is 7.57. The van der Waals surface area contributed by atoms with Crippen LogP contribution < -0.4 is 0 Å². The lowest BCUT2D eigenvalue weighted by molar-refractivity contribution is 0.0687. The number of nitrogens with zero attached hydrogens (tertiary/aromatic N) is 3. The Labute approximate surface area is 148 Å². The van der Waals surface area contributed by atoms with E-state index in [0.717, 1.165) is 11.1 Å². The zero-order valence-electron chi connectivity index (χ0n) is 12.9. The molecule has 25 heavy (non-hydrogen) atoms. The maximum Gasteiger partial charge on any atom is 0.354 e. The highest BCUT2D eigenvalue weighted by molar-refractivity contribution is 6.30. The minimum atomic E-state index is -1.06. The molecule has 122 valence electrons. The molecule has 0 radical (unpaired) electrons. The fourth-order valence-electron chi connectivity index (χ4n) is 2.65. The largest absolute Gasteiger partial charge is 0.477 e. The van der Waals surface area contributed by atoms with E-state index in [4.69, 9.17) is 11.6 Å². The molecule has 0 saturated carbocycles. The van der Waals surface area contributed by atoms with Crippen LogP contribution >= 0.6 is 11.6 Å². The van der Waals surface area contributed by atoms with E-state index < -0.39 is 5.97 Å². The Morgan fingerprint density at radius 3 is 2.28 bits per heavy atom. The van der Waals surface area contributed by atoms with E-state index in [2.05, 4.69) is 10.1 Å². The zero-order valence-corrected chi connectivity index (χ0v) is 13.7. The minimum absolute atomic E-state index is 0.0529. The fraction of sp³-hybridized carbons (Fsp3) is 0. The van der Waals surface area contributed by atoms with Crippen molar-refractivity contribution in [3.05, 3.63) is 77.4 Å². The van der Waals surface area contributed by atoms with Gasteiger partial charge in [0.2, 0.25) is 0 Å². The first-order chi connectivity index (χ1) is 12.1. The van der Waals surface area contributed by atoms with Gasteiger partial charge < -0.3 is 5.11 Å². The molecular formula is C19H12ClN3O2. The van der Waals surface area contributed by atoms with Crippen LogP contribution in [-0.2, 0) is 0 Å². The number of carbonyl (C=O) groups is 1. The van der Waals surface area contributed by atoms with Crippen LogP contribution in [0.5, 0.6) is 0 Å². The third kappa shape index (κ3) is 2.86. The second kappa shape index (κ2) is 6.03. The zero-order chi connectivity index (χ0) is 17.4. The van der Waals surface area contributed by atoms with Crippen molar-refractivity contribution in [3.63, 3.8) is 0 Å². The van der Waals surface area contributed by atoms with Gasteiger partial charge in [0.15, 0.2) is 11.3 Å². The predicted octanol–water partition coefficient (Wildman–Crippen LogP) is 4.41. The third-order valence-electron chi connectivity index (χ3n) is 3.86. The van der Waals surface area contributed by atoms with E-state index >= 15 is 0 Å². The summed E-state index contributed by atoms with van der Waals surface area (Å²) in [5, 5.41) is 14.6. The summed E-state index contributed by atoms with van der Waals surface area (Å²) in [7, 11) is 0. The van der Waals surface area contributed by atoms with Crippen molar-refractivity contribution in [2.75, 3.05) is 0 Å². The number of carboxylic acids is 1. The van der Waals surface area contributed by atoms with Crippen LogP contribution in [0.2, 0.25) is 5.02 Å². The lowest BCUT2D eigenvalue weighted by Crippen LogP contribution is -2.08. The molecule has 4 rings (SSSR count). The van der Waals surface area contributed by atoms with Gasteiger partial charge in [0, 0.05) is 22.2 Å². The molecule has 2 aromatic carbocycles. The van der Waals surface area contributed by atoms with E-state index in [1.165, 1.54) is 10.6 Å². The van der Waals surface area contributed by atoms with Gasteiger partial charge in [-0.2, -0.15) is 5.10 Å². The van der Waals surface area contributed by atoms with Crippen LogP contribution in [0, 0.1) is 0 Å². The van der Waals surface area contributed by atoms with Crippen LogP contribution in [-0.4, -0.2) is 25.7 Å². The normalized spacial score (nSPS) is 10.9. The molecule has 0 saturated heterocycles. The van der Waals surface area contributed by atoms with Crippen molar-refractivity contribution in [1.82, 2.24) is 14.6 Å². The van der Waals surface area contributed by atoms with Crippen molar-refractivity contribution in [2.45, 2.75) is 0 Å². The van der Waals surface area contributed by atoms with E-state index in [1.54, 1.807) is 30.3 Å². The smallest absolute Gasteiger partial charge is 0.354 e. The molecule has 2 heterocycles. The highest BCUT2D eigenvalue weighted by Crippen LogP contribution is 2.24. The van der Waals surface area contributed by atoms with Gasteiger partial charge >= 0.3 is 5.97 Å². The first kappa shape index (κ1) is 15.4. The highest BCUT2D eigenvalue weighted by atomic mass is 35.5. The number of rotatable bonds is 3. The average molecular weight is 350 g/mol. The van der Waals surface area contributed by atoms with Gasteiger partial charge in [-0.1, -0.05) is 54.1 Å². The number of benzene rings is 2. The summed E-state index contributed by atoms with van der Waals surface area (Å²) < 4.78 is 1.35. The topological polar surface area (TPSA) is 67.5 Å². The van der Waals surface area contributed by atoms with E-state index in [0.29, 0.717) is 22.1 Å². The van der Waals surface area contributed by atoms with Crippen LogP contribution in [0.1, 0.15) is 10.5 Å². The number of hydrogen-bond donors (Lipinski definition) is 1. The van der Waals surface area contributed by atoms with Crippen molar-refractivity contribution < 1.29 is 9.90 Å². The Bertz CT molecular complexity index is 1070. The molecular weight excluding hydrogens is 338 g/mol. The molecule has 2 aromatic heterocycles. The van der Waals surface area contributed by atoms with Crippen LogP contribution in [0.15, 0.2) is 66.7 Å². The van der Waals surface area contributed by atoms with Crippen molar-refractivity contribution in [2.24, 2.45) is 0 Å². The summed E-state index contributed by atoms with van der Waals surface area (Å²) >= 11 is 5.92. The maximum absolute atomic E-state index is 11.7. The van der Waals surface area contributed by atoms with E-state index in [1.807, 2.05) is 30.3 Å². The fourth-order valence-corrected chi connectivity index (χ4v) is 2.77. The Kier molecular flexibility index (Phi) is 3.71. The second-order valence-corrected chi connectivity index (χ2v) is 5.94. The van der Waals surface area contributed by atoms with Gasteiger partial charge in [0.1, 0.15) is 0 Å². The molecule has 0 fully saturated rings. The molecule has 0 bridgehead atoms. The number of carboxylic acid groups (broad SMARTS) is 1. The Hall–Kier alpha value is -3.18. The summed E-state index contributed by atoms with van der Waals surface area (Å²) in [5.41, 5.74) is 3.44. The summed E-state index contributed by atoms with van der Waals surface area (Å²) in [4.78, 5) is 16.2. The highest BCUT2D eigenvalue weighted by Gasteiger charge is 2.16. The van der Waals surface area contributed by atoms with Gasteiger partial charge in [0.25, 0.3) is 0 Å². The average Bonchev–Trinajstić information content (AvgIpc) is 3.06. The quantitative estimate of drug-likeness (QED) is 0.594. The van der Waals surface area contributed by atoms with Crippen LogP contribution in [0.25, 0.3) is 28.2 Å². The molecule has 0 atom stereocenters. The van der Waals surface area contributed by atoms with Gasteiger partial charge in [-0.25, -0.2) is 14.3 Å². The monoisotopic (exact) mass is 349 g/mol. The molecule has 0 aliphatic rings. The number of halogens is 1. The standard InChI is InChI=1S/C19H12ClN3O2/c20-14-8-6-13(7-9-14)15-10-17(19(24)25)23-18(21-15)11-16(22-23)12-4-2-1-3-5-12/h1-11H,(H,24,25). The Balaban J connectivity index is 1.93. The van der Waals surface area contributed by atoms with Gasteiger partial charge in [-0.15, -0.1) is 0 Å². The van der Waals surface area contributed by atoms with Crippen LogP contribution in [0.3, 0.4) is 0 Å². The molecule has 0 amide bonds. The summed E-state index contributed by atoms with van der Waals surface area (Å²) in [5.74, 6) is -1.06. The summed E-state index contributed by atoms with van der Waals surface area (Å²) in [6, 6.07) is 20.0. The predicted molar refractivity (Wildman–Crippen MR) is 95.8 cm³/mol. The Morgan fingerprint density at radius 2 is 1.60 bits per heavy atom. The van der Waals surface area contributed by atoms with Crippen molar-refractivity contribution >= 4 is 23.2 Å².